The van der Waals surface area contributed by atoms with Crippen molar-refractivity contribution in [3.8, 4) is 0 Å². The molecule has 0 aliphatic heterocycles. The number of imidazole rings is 1. The quantitative estimate of drug-likeness (QED) is 0.435. The highest BCUT2D eigenvalue weighted by atomic mass is 32.1. The van der Waals surface area contributed by atoms with E-state index in [1.807, 2.05) is 48.0 Å². The second-order valence-electron chi connectivity index (χ2n) is 7.35. The molecule has 150 valence electrons. The van der Waals surface area contributed by atoms with Crippen LogP contribution in [-0.2, 0) is 26.6 Å². The van der Waals surface area contributed by atoms with E-state index in [9.17, 15) is 4.79 Å². The Labute approximate surface area is 178 Å². The van der Waals surface area contributed by atoms with E-state index in [4.69, 9.17) is 0 Å². The van der Waals surface area contributed by atoms with Crippen molar-refractivity contribution in [2.45, 2.75) is 19.5 Å². The molecule has 0 saturated heterocycles. The number of nitrogens with one attached hydrogen (secondary N) is 1. The number of carbonyl (C=O) groups is 1. The van der Waals surface area contributed by atoms with Crippen molar-refractivity contribution in [1.29, 1.82) is 0 Å². The topological polar surface area (TPSA) is 51.9 Å². The molecule has 1 amide bonds. The maximum atomic E-state index is 13.1. The van der Waals surface area contributed by atoms with Crippen LogP contribution in [0.2, 0.25) is 0 Å². The molecule has 5 aromatic rings. The van der Waals surface area contributed by atoms with E-state index in [2.05, 4.69) is 50.6 Å². The fourth-order valence-electron chi connectivity index (χ4n) is 3.90. The van der Waals surface area contributed by atoms with Crippen LogP contribution >= 0.6 is 11.3 Å². The van der Waals surface area contributed by atoms with Gasteiger partial charge in [0.2, 0.25) is 0 Å². The minimum Gasteiger partial charge on any atom is -0.344 e. The van der Waals surface area contributed by atoms with Crippen molar-refractivity contribution in [1.82, 2.24) is 19.4 Å². The van der Waals surface area contributed by atoms with Gasteiger partial charge < -0.3 is 14.5 Å². The molecule has 0 radical (unpaired) electrons. The minimum absolute atomic E-state index is 0.0708. The summed E-state index contributed by atoms with van der Waals surface area (Å²) in [6.07, 6.45) is 0.880. The van der Waals surface area contributed by atoms with Crippen LogP contribution in [-0.4, -0.2) is 20.0 Å². The van der Waals surface area contributed by atoms with E-state index >= 15 is 0 Å². The molecule has 1 N–H and O–H groups in total. The molecule has 5 rings (SSSR count). The predicted octanol–water partition coefficient (Wildman–Crippen LogP) is 4.76. The number of fused-ring (bicyclic) bond motifs is 2. The third-order valence-electron chi connectivity index (χ3n) is 5.51. The summed E-state index contributed by atoms with van der Waals surface area (Å²) in [5.41, 5.74) is 5.08. The minimum atomic E-state index is -0.0708. The summed E-state index contributed by atoms with van der Waals surface area (Å²) in [6, 6.07) is 22.5. The molecule has 2 aromatic carbocycles. The number of para-hydroxylation sites is 2. The lowest BCUT2D eigenvalue weighted by Crippen LogP contribution is -2.27. The van der Waals surface area contributed by atoms with Gasteiger partial charge in [0, 0.05) is 13.6 Å². The molecule has 0 bridgehead atoms. The normalized spacial score (nSPS) is 11.4. The molecule has 3 aromatic heterocycles. The molecule has 0 aliphatic carbocycles. The van der Waals surface area contributed by atoms with Crippen LogP contribution in [0.25, 0.3) is 21.3 Å². The van der Waals surface area contributed by atoms with Crippen molar-refractivity contribution in [2.75, 3.05) is 0 Å². The van der Waals surface area contributed by atoms with Crippen LogP contribution in [0.4, 0.5) is 0 Å². The lowest BCUT2D eigenvalue weighted by Gasteiger charge is -2.11. The standard InChI is InChI=1S/C24H22N4OS/c1-27-19-10-6-5-9-18(19)26-23(27)16-25-24(29)21-15-22-20(12-14-30-22)28(21)13-11-17-7-3-2-4-8-17/h2-10,12,14-15H,11,13,16H2,1H3,(H,25,29). The number of amides is 1. The number of carbonyl (C=O) groups excluding carboxylic acids is 1. The van der Waals surface area contributed by atoms with Crippen molar-refractivity contribution in [3.05, 3.63) is 89.2 Å². The Morgan fingerprint density at radius 2 is 1.83 bits per heavy atom. The molecule has 5 nitrogen and oxygen atoms in total. The summed E-state index contributed by atoms with van der Waals surface area (Å²) in [6.45, 7) is 1.15. The van der Waals surface area contributed by atoms with Gasteiger partial charge in [-0.25, -0.2) is 4.98 Å². The summed E-state index contributed by atoms with van der Waals surface area (Å²) in [4.78, 5) is 17.7. The molecule has 3 heterocycles. The maximum Gasteiger partial charge on any atom is 0.268 e. The Morgan fingerprint density at radius 3 is 2.67 bits per heavy atom. The van der Waals surface area contributed by atoms with Crippen molar-refractivity contribution in [3.63, 3.8) is 0 Å². The van der Waals surface area contributed by atoms with Gasteiger partial charge in [-0.05, 0) is 41.6 Å². The molecular formula is C24H22N4OS. The zero-order valence-electron chi connectivity index (χ0n) is 16.7. The summed E-state index contributed by atoms with van der Waals surface area (Å²) in [7, 11) is 1.98. The van der Waals surface area contributed by atoms with E-state index in [-0.39, 0.29) is 5.91 Å². The first-order valence-electron chi connectivity index (χ1n) is 10.00. The lowest BCUT2D eigenvalue weighted by molar-refractivity contribution is 0.0940. The smallest absolute Gasteiger partial charge is 0.268 e. The summed E-state index contributed by atoms with van der Waals surface area (Å²) in [5, 5.41) is 5.14. The van der Waals surface area contributed by atoms with Crippen LogP contribution in [0, 0.1) is 0 Å². The monoisotopic (exact) mass is 414 g/mol. The second kappa shape index (κ2) is 7.80. The zero-order valence-corrected chi connectivity index (χ0v) is 17.5. The Morgan fingerprint density at radius 1 is 1.03 bits per heavy atom. The highest BCUT2D eigenvalue weighted by Crippen LogP contribution is 2.26. The Balaban J connectivity index is 1.37. The molecule has 0 saturated carbocycles. The molecule has 30 heavy (non-hydrogen) atoms. The number of nitrogens with zero attached hydrogens (tertiary/aromatic N) is 3. The van der Waals surface area contributed by atoms with Crippen molar-refractivity contribution >= 4 is 38.5 Å². The number of rotatable bonds is 6. The molecule has 0 unspecified atom stereocenters. The summed E-state index contributed by atoms with van der Waals surface area (Å²) in [5.74, 6) is 0.771. The van der Waals surface area contributed by atoms with Gasteiger partial charge >= 0.3 is 0 Å². The maximum absolute atomic E-state index is 13.1. The first kappa shape index (κ1) is 18.6. The summed E-state index contributed by atoms with van der Waals surface area (Å²) < 4.78 is 5.29. The Bertz CT molecular complexity index is 1330. The summed E-state index contributed by atoms with van der Waals surface area (Å²) >= 11 is 1.66. The molecule has 0 aliphatic rings. The first-order chi connectivity index (χ1) is 14.7. The number of thiophene rings is 1. The number of hydrogen-bond acceptors (Lipinski definition) is 3. The van der Waals surface area contributed by atoms with Gasteiger partial charge in [0.05, 0.1) is 27.8 Å². The third kappa shape index (κ3) is 3.39. The SMILES string of the molecule is Cn1c(CNC(=O)c2cc3sccc3n2CCc2ccccc2)nc2ccccc21. The zero-order chi connectivity index (χ0) is 20.5. The van der Waals surface area contributed by atoms with Gasteiger partial charge in [-0.1, -0.05) is 42.5 Å². The second-order valence-corrected chi connectivity index (χ2v) is 8.29. The van der Waals surface area contributed by atoms with Gasteiger partial charge in [-0.3, -0.25) is 4.79 Å². The highest BCUT2D eigenvalue weighted by molar-refractivity contribution is 7.17. The number of benzene rings is 2. The van der Waals surface area contributed by atoms with Crippen molar-refractivity contribution in [2.24, 2.45) is 7.05 Å². The molecule has 6 heteroatoms. The number of aromatic nitrogens is 3. The van der Waals surface area contributed by atoms with Crippen LogP contribution < -0.4 is 5.32 Å². The van der Waals surface area contributed by atoms with Crippen LogP contribution in [0.5, 0.6) is 0 Å². The van der Waals surface area contributed by atoms with Crippen molar-refractivity contribution < 1.29 is 4.79 Å². The average Bonchev–Trinajstić information content (AvgIpc) is 3.45. The number of hydrogen-bond donors (Lipinski definition) is 1. The third-order valence-corrected chi connectivity index (χ3v) is 6.36. The predicted molar refractivity (Wildman–Crippen MR) is 122 cm³/mol. The molecule has 0 fully saturated rings. The van der Waals surface area contributed by atoms with Gasteiger partial charge in [-0.2, -0.15) is 0 Å². The van der Waals surface area contributed by atoms with Gasteiger partial charge in [-0.15, -0.1) is 11.3 Å². The van der Waals surface area contributed by atoms with Gasteiger partial charge in [0.15, 0.2) is 0 Å². The highest BCUT2D eigenvalue weighted by Gasteiger charge is 2.17. The largest absolute Gasteiger partial charge is 0.344 e. The van der Waals surface area contributed by atoms with Crippen LogP contribution in [0.1, 0.15) is 21.9 Å². The molecule has 0 atom stereocenters. The van der Waals surface area contributed by atoms with Gasteiger partial charge in [0.25, 0.3) is 5.91 Å². The first-order valence-corrected chi connectivity index (χ1v) is 10.9. The lowest BCUT2D eigenvalue weighted by atomic mass is 10.1. The van der Waals surface area contributed by atoms with Crippen LogP contribution in [0.3, 0.4) is 0 Å². The van der Waals surface area contributed by atoms with Gasteiger partial charge in [0.1, 0.15) is 11.5 Å². The molecule has 0 spiro atoms. The van der Waals surface area contributed by atoms with Crippen LogP contribution in [0.15, 0.2) is 72.1 Å². The fourth-order valence-corrected chi connectivity index (χ4v) is 4.72. The van der Waals surface area contributed by atoms with E-state index in [0.29, 0.717) is 12.2 Å². The fraction of sp³-hybridized carbons (Fsp3) is 0.167. The molecular weight excluding hydrogens is 392 g/mol. The van der Waals surface area contributed by atoms with E-state index in [1.54, 1.807) is 11.3 Å². The Hall–Kier alpha value is -3.38. The van der Waals surface area contributed by atoms with E-state index in [0.717, 1.165) is 40.0 Å². The Kier molecular flexibility index (Phi) is 4.85. The van der Waals surface area contributed by atoms with E-state index in [1.165, 1.54) is 5.56 Å². The van der Waals surface area contributed by atoms with E-state index < -0.39 is 0 Å². The average molecular weight is 415 g/mol. The number of aryl methyl sites for hydroxylation is 3.